The minimum Gasteiger partial charge on any atom is -0.490 e. The zero-order valence-corrected chi connectivity index (χ0v) is 12.3. The predicted octanol–water partition coefficient (Wildman–Crippen LogP) is 2.60. The van der Waals surface area contributed by atoms with E-state index in [1.54, 1.807) is 0 Å². The van der Waals surface area contributed by atoms with Gasteiger partial charge in [-0.3, -0.25) is 14.9 Å². The van der Waals surface area contributed by atoms with Crippen LogP contribution in [0.2, 0.25) is 0 Å². The molecular formula is C13H17ClN2O4. The third-order valence-corrected chi connectivity index (χ3v) is 3.48. The van der Waals surface area contributed by atoms with Crippen molar-refractivity contribution in [2.75, 3.05) is 13.7 Å². The molecule has 110 valence electrons. The summed E-state index contributed by atoms with van der Waals surface area (Å²) in [5.74, 6) is -0.0539. The number of ether oxygens (including phenoxy) is 1. The number of nitro benzene ring substituents is 1. The van der Waals surface area contributed by atoms with E-state index in [0.717, 1.165) is 0 Å². The number of hydrogen-bond acceptors (Lipinski definition) is 4. The molecule has 0 heterocycles. The Bertz CT molecular complexity index is 505. The molecule has 1 N–H and O–H groups in total. The van der Waals surface area contributed by atoms with Crippen molar-refractivity contribution in [2.45, 2.75) is 19.2 Å². The van der Waals surface area contributed by atoms with Gasteiger partial charge >= 0.3 is 5.69 Å². The minimum atomic E-state index is -0.561. The molecule has 20 heavy (non-hydrogen) atoms. The summed E-state index contributed by atoms with van der Waals surface area (Å²) in [4.78, 5) is 22.1. The smallest absolute Gasteiger partial charge is 0.310 e. The van der Waals surface area contributed by atoms with Crippen LogP contribution in [0.5, 0.6) is 5.75 Å². The molecule has 1 aromatic carbocycles. The molecule has 1 atom stereocenters. The van der Waals surface area contributed by atoms with Crippen molar-refractivity contribution < 1.29 is 14.5 Å². The van der Waals surface area contributed by atoms with Crippen LogP contribution in [-0.2, 0) is 0 Å². The molecule has 0 spiro atoms. The van der Waals surface area contributed by atoms with E-state index in [2.05, 4.69) is 5.32 Å². The van der Waals surface area contributed by atoms with E-state index >= 15 is 0 Å². The van der Waals surface area contributed by atoms with Crippen LogP contribution >= 0.6 is 11.6 Å². The molecule has 0 saturated carbocycles. The standard InChI is InChI=1S/C13H17ClN2O4/c1-8(2)10(14)7-15-13(17)9-4-5-11(16(18)19)12(6-9)20-3/h4-6,8,10H,7H2,1-3H3,(H,15,17). The first-order valence-corrected chi connectivity index (χ1v) is 6.55. The zero-order valence-electron chi connectivity index (χ0n) is 11.6. The van der Waals surface area contributed by atoms with E-state index in [4.69, 9.17) is 16.3 Å². The number of amides is 1. The predicted molar refractivity (Wildman–Crippen MR) is 76.5 cm³/mol. The van der Waals surface area contributed by atoms with Crippen molar-refractivity contribution in [1.29, 1.82) is 0 Å². The second-order valence-corrected chi connectivity index (χ2v) is 5.17. The van der Waals surface area contributed by atoms with Gasteiger partial charge in [0, 0.05) is 24.2 Å². The first kappa shape index (κ1) is 16.2. The molecular weight excluding hydrogens is 284 g/mol. The SMILES string of the molecule is COc1cc(C(=O)NCC(Cl)C(C)C)ccc1[N+](=O)[O-]. The molecule has 1 amide bonds. The number of carbonyl (C=O) groups is 1. The molecule has 0 aliphatic heterocycles. The Kier molecular flexibility index (Phi) is 5.76. The number of methoxy groups -OCH3 is 1. The lowest BCUT2D eigenvalue weighted by Crippen LogP contribution is -2.31. The number of nitrogens with one attached hydrogen (secondary N) is 1. The molecule has 0 aliphatic carbocycles. The lowest BCUT2D eigenvalue weighted by Gasteiger charge is -2.14. The Morgan fingerprint density at radius 3 is 2.65 bits per heavy atom. The van der Waals surface area contributed by atoms with Crippen molar-refractivity contribution in [3.8, 4) is 5.75 Å². The number of halogens is 1. The maximum atomic E-state index is 11.9. The van der Waals surface area contributed by atoms with E-state index in [1.807, 2.05) is 13.8 Å². The molecule has 1 aromatic rings. The van der Waals surface area contributed by atoms with E-state index in [9.17, 15) is 14.9 Å². The summed E-state index contributed by atoms with van der Waals surface area (Å²) in [6, 6.07) is 3.97. The molecule has 7 heteroatoms. The Balaban J connectivity index is 2.81. The molecule has 0 aromatic heterocycles. The van der Waals surface area contributed by atoms with Crippen LogP contribution in [0.1, 0.15) is 24.2 Å². The van der Waals surface area contributed by atoms with Gasteiger partial charge in [0.1, 0.15) is 0 Å². The maximum Gasteiger partial charge on any atom is 0.310 e. The summed E-state index contributed by atoms with van der Waals surface area (Å²) >= 11 is 6.04. The molecule has 0 fully saturated rings. The third kappa shape index (κ3) is 4.09. The van der Waals surface area contributed by atoms with Crippen molar-refractivity contribution in [3.63, 3.8) is 0 Å². The Morgan fingerprint density at radius 1 is 1.50 bits per heavy atom. The largest absolute Gasteiger partial charge is 0.490 e. The summed E-state index contributed by atoms with van der Waals surface area (Å²) in [5, 5.41) is 13.3. The highest BCUT2D eigenvalue weighted by atomic mass is 35.5. The summed E-state index contributed by atoms with van der Waals surface area (Å²) in [5.41, 5.74) is 0.113. The van der Waals surface area contributed by atoms with Gasteiger partial charge in [0.05, 0.1) is 17.4 Å². The Labute approximate surface area is 122 Å². The van der Waals surface area contributed by atoms with Crippen LogP contribution < -0.4 is 10.1 Å². The van der Waals surface area contributed by atoms with Crippen molar-refractivity contribution in [2.24, 2.45) is 5.92 Å². The number of nitro groups is 1. The van der Waals surface area contributed by atoms with Gasteiger partial charge in [0.25, 0.3) is 5.91 Å². The number of nitrogens with zero attached hydrogens (tertiary/aromatic N) is 1. The molecule has 0 bridgehead atoms. The third-order valence-electron chi connectivity index (χ3n) is 2.82. The summed E-state index contributed by atoms with van der Waals surface area (Å²) in [6.45, 7) is 4.24. The number of alkyl halides is 1. The lowest BCUT2D eigenvalue weighted by atomic mass is 10.1. The lowest BCUT2D eigenvalue weighted by molar-refractivity contribution is -0.385. The maximum absolute atomic E-state index is 11.9. The number of carbonyl (C=O) groups excluding carboxylic acids is 1. The normalized spacial score (nSPS) is 12.1. The van der Waals surface area contributed by atoms with Crippen molar-refractivity contribution in [1.82, 2.24) is 5.32 Å². The second kappa shape index (κ2) is 7.09. The molecule has 6 nitrogen and oxygen atoms in total. The van der Waals surface area contributed by atoms with Gasteiger partial charge in [-0.2, -0.15) is 0 Å². The minimum absolute atomic E-state index is 0.0499. The number of rotatable bonds is 6. The first-order chi connectivity index (χ1) is 9.36. The van der Waals surface area contributed by atoms with Gasteiger partial charge in [-0.1, -0.05) is 13.8 Å². The fraction of sp³-hybridized carbons (Fsp3) is 0.462. The average molecular weight is 301 g/mol. The van der Waals surface area contributed by atoms with Crippen LogP contribution in [0, 0.1) is 16.0 Å². The second-order valence-electron chi connectivity index (χ2n) is 4.61. The highest BCUT2D eigenvalue weighted by molar-refractivity contribution is 6.21. The fourth-order valence-corrected chi connectivity index (χ4v) is 1.57. The Hall–Kier alpha value is -1.82. The van der Waals surface area contributed by atoms with E-state index in [0.29, 0.717) is 12.1 Å². The van der Waals surface area contributed by atoms with Gasteiger partial charge < -0.3 is 10.1 Å². The van der Waals surface area contributed by atoms with Gasteiger partial charge in [-0.25, -0.2) is 0 Å². The summed E-state index contributed by atoms with van der Waals surface area (Å²) in [7, 11) is 1.32. The topological polar surface area (TPSA) is 81.5 Å². The zero-order chi connectivity index (χ0) is 15.3. The van der Waals surface area contributed by atoms with Crippen LogP contribution in [0.3, 0.4) is 0 Å². The highest BCUT2D eigenvalue weighted by Gasteiger charge is 2.18. The van der Waals surface area contributed by atoms with Gasteiger partial charge in [0.2, 0.25) is 0 Å². The van der Waals surface area contributed by atoms with Gasteiger partial charge in [0.15, 0.2) is 5.75 Å². The van der Waals surface area contributed by atoms with Gasteiger partial charge in [-0.15, -0.1) is 11.6 Å². The first-order valence-electron chi connectivity index (χ1n) is 6.11. The number of hydrogen-bond donors (Lipinski definition) is 1. The van der Waals surface area contributed by atoms with Crippen LogP contribution in [0.25, 0.3) is 0 Å². The van der Waals surface area contributed by atoms with Crippen LogP contribution in [0.15, 0.2) is 18.2 Å². The summed E-state index contributed by atoms with van der Waals surface area (Å²) in [6.07, 6.45) is 0. The highest BCUT2D eigenvalue weighted by Crippen LogP contribution is 2.27. The van der Waals surface area contributed by atoms with Crippen LogP contribution in [-0.4, -0.2) is 29.9 Å². The monoisotopic (exact) mass is 300 g/mol. The average Bonchev–Trinajstić information content (AvgIpc) is 2.43. The van der Waals surface area contributed by atoms with E-state index in [-0.39, 0.29) is 28.6 Å². The van der Waals surface area contributed by atoms with Crippen LogP contribution in [0.4, 0.5) is 5.69 Å². The quantitative estimate of drug-likeness (QED) is 0.497. The molecule has 1 unspecified atom stereocenters. The Morgan fingerprint density at radius 2 is 2.15 bits per heavy atom. The van der Waals surface area contributed by atoms with E-state index in [1.165, 1.54) is 25.3 Å². The van der Waals surface area contributed by atoms with E-state index < -0.39 is 4.92 Å². The molecule has 0 radical (unpaired) electrons. The molecule has 0 aliphatic rings. The summed E-state index contributed by atoms with van der Waals surface area (Å²) < 4.78 is 4.91. The number of benzene rings is 1. The van der Waals surface area contributed by atoms with Gasteiger partial charge in [-0.05, 0) is 12.0 Å². The van der Waals surface area contributed by atoms with Crippen molar-refractivity contribution >= 4 is 23.2 Å². The molecule has 0 saturated heterocycles. The fourth-order valence-electron chi connectivity index (χ4n) is 1.50. The van der Waals surface area contributed by atoms with Crippen molar-refractivity contribution in [3.05, 3.63) is 33.9 Å². The molecule has 1 rings (SSSR count).